The van der Waals surface area contributed by atoms with Gasteiger partial charge >= 0.3 is 0 Å². The lowest BCUT2D eigenvalue weighted by Gasteiger charge is -2.33. The van der Waals surface area contributed by atoms with Crippen LogP contribution < -0.4 is 0 Å². The van der Waals surface area contributed by atoms with E-state index in [4.69, 9.17) is 0 Å². The molecule has 0 N–H and O–H groups in total. The maximum absolute atomic E-state index is 2.56. The summed E-state index contributed by atoms with van der Waals surface area (Å²) >= 11 is 0. The van der Waals surface area contributed by atoms with E-state index in [2.05, 4.69) is 118 Å². The van der Waals surface area contributed by atoms with Crippen molar-refractivity contribution in [3.63, 3.8) is 0 Å². The molecule has 34 heavy (non-hydrogen) atoms. The van der Waals surface area contributed by atoms with Crippen LogP contribution in [-0.4, -0.2) is 0 Å². The molecule has 0 heteroatoms. The van der Waals surface area contributed by atoms with Crippen molar-refractivity contribution in [2.45, 2.75) is 91.9 Å². The van der Waals surface area contributed by atoms with E-state index in [0.717, 1.165) is 0 Å². The molecule has 0 heterocycles. The zero-order valence-corrected chi connectivity index (χ0v) is 22.8. The van der Waals surface area contributed by atoms with Gasteiger partial charge in [0.1, 0.15) is 0 Å². The quantitative estimate of drug-likeness (QED) is 0.186. The second kappa shape index (κ2) is 7.45. The van der Waals surface area contributed by atoms with Gasteiger partial charge in [-0.3, -0.25) is 0 Å². The van der Waals surface area contributed by atoms with Gasteiger partial charge in [0.2, 0.25) is 0 Å². The molecule has 0 atom stereocenters. The summed E-state index contributed by atoms with van der Waals surface area (Å²) in [4.78, 5) is 0. The number of benzene rings is 5. The molecule has 5 aromatic rings. The van der Waals surface area contributed by atoms with Gasteiger partial charge in [-0.25, -0.2) is 0 Å². The summed E-state index contributed by atoms with van der Waals surface area (Å²) in [6.07, 6.45) is 0. The average Bonchev–Trinajstić information content (AvgIpc) is 2.74. The Morgan fingerprint density at radius 3 is 1.26 bits per heavy atom. The summed E-state index contributed by atoms with van der Waals surface area (Å²) in [5, 5.41) is 11.5. The minimum Gasteiger partial charge on any atom is -0.0610 e. The Kier molecular flexibility index (Phi) is 5.07. The first-order valence-electron chi connectivity index (χ1n) is 13.0. The van der Waals surface area contributed by atoms with Gasteiger partial charge < -0.3 is 0 Å². The highest BCUT2D eigenvalue weighted by atomic mass is 14.3. The number of hydrogen-bond acceptors (Lipinski definition) is 0. The van der Waals surface area contributed by atoms with Crippen molar-refractivity contribution < 1.29 is 0 Å². The summed E-state index contributed by atoms with van der Waals surface area (Å²) < 4.78 is 0. The van der Waals surface area contributed by atoms with E-state index >= 15 is 0 Å². The highest BCUT2D eigenvalue weighted by Gasteiger charge is 2.30. The smallest absolute Gasteiger partial charge is 0.00147 e. The van der Waals surface area contributed by atoms with E-state index in [9.17, 15) is 0 Å². The van der Waals surface area contributed by atoms with Gasteiger partial charge in [0.25, 0.3) is 0 Å². The van der Waals surface area contributed by atoms with Crippen molar-refractivity contribution in [2.24, 2.45) is 0 Å². The third-order valence-corrected chi connectivity index (χ3v) is 7.77. The third-order valence-electron chi connectivity index (χ3n) is 7.77. The zero-order valence-electron chi connectivity index (χ0n) is 22.8. The SMILES string of the molecule is CC(C)c1cc(C(C)(C)C)c2c(C(C)(C)C)cc(C(C)C)c3c4cccc5cccc(c1c23)c54. The van der Waals surface area contributed by atoms with Gasteiger partial charge in [0, 0.05) is 0 Å². The fourth-order valence-electron chi connectivity index (χ4n) is 6.11. The van der Waals surface area contributed by atoms with E-state index in [0.29, 0.717) is 11.8 Å². The molecule has 0 nitrogen and oxygen atoms in total. The Morgan fingerprint density at radius 2 is 0.912 bits per heavy atom. The third kappa shape index (κ3) is 3.25. The summed E-state index contributed by atoms with van der Waals surface area (Å²) in [6.45, 7) is 23.8. The molecule has 0 aliphatic rings. The molecule has 0 aliphatic heterocycles. The van der Waals surface area contributed by atoms with Crippen LogP contribution in [0.15, 0.2) is 48.5 Å². The van der Waals surface area contributed by atoms with E-state index in [1.807, 2.05) is 0 Å². The Morgan fingerprint density at radius 1 is 0.500 bits per heavy atom. The Labute approximate surface area is 205 Å². The van der Waals surface area contributed by atoms with E-state index in [1.54, 1.807) is 0 Å². The van der Waals surface area contributed by atoms with Crippen LogP contribution >= 0.6 is 0 Å². The van der Waals surface area contributed by atoms with Crippen molar-refractivity contribution in [3.05, 3.63) is 70.8 Å². The van der Waals surface area contributed by atoms with Crippen LogP contribution in [0.25, 0.3) is 43.1 Å². The van der Waals surface area contributed by atoms with Crippen LogP contribution in [0, 0.1) is 0 Å². The van der Waals surface area contributed by atoms with Crippen molar-refractivity contribution in [1.29, 1.82) is 0 Å². The van der Waals surface area contributed by atoms with Crippen LogP contribution in [0.2, 0.25) is 0 Å². The van der Waals surface area contributed by atoms with Crippen molar-refractivity contribution >= 4 is 43.1 Å². The summed E-state index contributed by atoms with van der Waals surface area (Å²) in [6, 6.07) is 18.9. The Bertz CT molecular complexity index is 1440. The van der Waals surface area contributed by atoms with Gasteiger partial charge in [0.05, 0.1) is 0 Å². The molecule has 176 valence electrons. The van der Waals surface area contributed by atoms with Crippen molar-refractivity contribution in [2.75, 3.05) is 0 Å². The molecule has 5 aromatic carbocycles. The molecule has 0 fully saturated rings. The molecular weight excluding hydrogens is 408 g/mol. The lowest BCUT2D eigenvalue weighted by atomic mass is 9.71. The predicted octanol–water partition coefficient (Wildman–Crippen LogP) is 10.6. The van der Waals surface area contributed by atoms with Gasteiger partial charge in [0.15, 0.2) is 0 Å². The number of hydrogen-bond donors (Lipinski definition) is 0. The van der Waals surface area contributed by atoms with Crippen LogP contribution in [0.3, 0.4) is 0 Å². The zero-order chi connectivity index (χ0) is 24.7. The fraction of sp³-hybridized carbons (Fsp3) is 0.412. The molecule has 5 rings (SSSR count). The standard InChI is InChI=1S/C34H40/c1-19(2)24-17-26(33(5,6)7)31-27(34(8,9)10)18-25(20(3)4)30-23-16-12-14-21-13-11-15-22(28(21)23)29(24)32(30)31/h11-20H,1-10H3. The molecular formula is C34H40. The van der Waals surface area contributed by atoms with E-state index < -0.39 is 0 Å². The number of rotatable bonds is 2. The van der Waals surface area contributed by atoms with Gasteiger partial charge in [-0.2, -0.15) is 0 Å². The first kappa shape index (κ1) is 23.2. The van der Waals surface area contributed by atoms with Gasteiger partial charge in [-0.05, 0) is 88.0 Å². The molecule has 0 saturated heterocycles. The van der Waals surface area contributed by atoms with Crippen LogP contribution in [0.5, 0.6) is 0 Å². The fourth-order valence-corrected chi connectivity index (χ4v) is 6.11. The van der Waals surface area contributed by atoms with Gasteiger partial charge in [-0.1, -0.05) is 118 Å². The topological polar surface area (TPSA) is 0 Å². The van der Waals surface area contributed by atoms with Gasteiger partial charge in [-0.15, -0.1) is 0 Å². The van der Waals surface area contributed by atoms with E-state index in [1.165, 1.54) is 65.3 Å². The van der Waals surface area contributed by atoms with E-state index in [-0.39, 0.29) is 10.8 Å². The largest absolute Gasteiger partial charge is 0.0610 e. The minimum absolute atomic E-state index is 0.0573. The molecule has 0 spiro atoms. The lowest BCUT2D eigenvalue weighted by Crippen LogP contribution is -2.19. The molecule has 0 amide bonds. The summed E-state index contributed by atoms with van der Waals surface area (Å²) in [7, 11) is 0. The van der Waals surface area contributed by atoms with Crippen LogP contribution in [0.4, 0.5) is 0 Å². The lowest BCUT2D eigenvalue weighted by molar-refractivity contribution is 0.579. The molecule has 0 aliphatic carbocycles. The highest BCUT2D eigenvalue weighted by molar-refractivity contribution is 6.35. The Balaban J connectivity index is 2.28. The highest BCUT2D eigenvalue weighted by Crippen LogP contribution is 2.50. The first-order valence-corrected chi connectivity index (χ1v) is 13.0. The molecule has 0 radical (unpaired) electrons. The van der Waals surface area contributed by atoms with Crippen molar-refractivity contribution in [1.82, 2.24) is 0 Å². The normalized spacial score (nSPS) is 13.5. The molecule has 0 bridgehead atoms. The monoisotopic (exact) mass is 448 g/mol. The summed E-state index contributed by atoms with van der Waals surface area (Å²) in [5.41, 5.74) is 6.07. The molecule has 0 aromatic heterocycles. The molecule has 0 unspecified atom stereocenters. The second-order valence-electron chi connectivity index (χ2n) is 13.0. The molecule has 0 saturated carbocycles. The summed E-state index contributed by atoms with van der Waals surface area (Å²) in [5.74, 6) is 0.907. The number of fused-ring (bicyclic) bond motifs is 2. The Hall–Kier alpha value is -2.60. The second-order valence-corrected chi connectivity index (χ2v) is 13.0. The maximum atomic E-state index is 2.56. The van der Waals surface area contributed by atoms with Crippen LogP contribution in [-0.2, 0) is 10.8 Å². The first-order chi connectivity index (χ1) is 15.8. The maximum Gasteiger partial charge on any atom is -0.00147 e. The van der Waals surface area contributed by atoms with Crippen LogP contribution in [0.1, 0.15) is 103 Å². The average molecular weight is 449 g/mol. The van der Waals surface area contributed by atoms with Crippen molar-refractivity contribution in [3.8, 4) is 0 Å². The predicted molar refractivity (Wildman–Crippen MR) is 153 cm³/mol. The minimum atomic E-state index is 0.0573.